The summed E-state index contributed by atoms with van der Waals surface area (Å²) in [5, 5.41) is 0. The van der Waals surface area contributed by atoms with Gasteiger partial charge in [0.05, 0.1) is 5.69 Å². The second kappa shape index (κ2) is 6.24. The molecule has 0 amide bonds. The van der Waals surface area contributed by atoms with Gasteiger partial charge in [0.2, 0.25) is 0 Å². The smallest absolute Gasteiger partial charge is 0.277 e. The lowest BCUT2D eigenvalue weighted by atomic mass is 10.1. The number of benzene rings is 2. The molecule has 0 radical (unpaired) electrons. The van der Waals surface area contributed by atoms with Crippen LogP contribution in [0.2, 0.25) is 0 Å². The topological polar surface area (TPSA) is 34.9 Å². The maximum Gasteiger partial charge on any atom is 0.277 e. The SMILES string of the molecule is CC(C)(C)n1cc(-c2ccc(F)cc2)nc(-c2ccc(F)cc2)c1=O. The van der Waals surface area contributed by atoms with Gasteiger partial charge in [0.1, 0.15) is 17.3 Å². The van der Waals surface area contributed by atoms with Gasteiger partial charge in [-0.2, -0.15) is 0 Å². The highest BCUT2D eigenvalue weighted by Gasteiger charge is 2.20. The maximum absolute atomic E-state index is 13.2. The van der Waals surface area contributed by atoms with E-state index in [1.807, 2.05) is 20.8 Å². The third-order valence-corrected chi connectivity index (χ3v) is 3.89. The molecule has 1 aromatic heterocycles. The summed E-state index contributed by atoms with van der Waals surface area (Å²) in [6, 6.07) is 11.6. The van der Waals surface area contributed by atoms with Crippen molar-refractivity contribution in [2.24, 2.45) is 0 Å². The highest BCUT2D eigenvalue weighted by atomic mass is 19.1. The van der Waals surface area contributed by atoms with Crippen LogP contribution in [-0.4, -0.2) is 9.55 Å². The lowest BCUT2D eigenvalue weighted by Crippen LogP contribution is -2.35. The Morgan fingerprint density at radius 2 is 1.32 bits per heavy atom. The molecular formula is C20H18F2N2O. The first kappa shape index (κ1) is 17.0. The van der Waals surface area contributed by atoms with Crippen LogP contribution in [-0.2, 0) is 5.54 Å². The van der Waals surface area contributed by atoms with Gasteiger partial charge in [-0.1, -0.05) is 0 Å². The fourth-order valence-electron chi connectivity index (χ4n) is 2.55. The second-order valence-electron chi connectivity index (χ2n) is 6.83. The summed E-state index contributed by atoms with van der Waals surface area (Å²) in [6.07, 6.45) is 1.67. The zero-order valence-corrected chi connectivity index (χ0v) is 14.3. The number of rotatable bonds is 2. The predicted octanol–water partition coefficient (Wildman–Crippen LogP) is 4.61. The molecule has 0 atom stereocenters. The van der Waals surface area contributed by atoms with E-state index in [1.54, 1.807) is 22.9 Å². The molecular weight excluding hydrogens is 322 g/mol. The average molecular weight is 340 g/mol. The Hall–Kier alpha value is -2.82. The Labute approximate surface area is 144 Å². The third-order valence-electron chi connectivity index (χ3n) is 3.89. The largest absolute Gasteiger partial charge is 0.306 e. The van der Waals surface area contributed by atoms with Crippen molar-refractivity contribution in [1.82, 2.24) is 9.55 Å². The first-order valence-corrected chi connectivity index (χ1v) is 7.92. The van der Waals surface area contributed by atoms with Gasteiger partial charge in [0.15, 0.2) is 0 Å². The number of nitrogens with zero attached hydrogens (tertiary/aromatic N) is 2. The molecule has 2 aromatic carbocycles. The van der Waals surface area contributed by atoms with Crippen molar-refractivity contribution in [2.75, 3.05) is 0 Å². The number of hydrogen-bond donors (Lipinski definition) is 0. The summed E-state index contributed by atoms with van der Waals surface area (Å²) < 4.78 is 28.0. The van der Waals surface area contributed by atoms with Crippen molar-refractivity contribution in [3.8, 4) is 22.5 Å². The Morgan fingerprint density at radius 3 is 1.80 bits per heavy atom. The molecule has 0 saturated heterocycles. The minimum Gasteiger partial charge on any atom is -0.306 e. The quantitative estimate of drug-likeness (QED) is 0.683. The van der Waals surface area contributed by atoms with E-state index in [-0.39, 0.29) is 22.9 Å². The second-order valence-corrected chi connectivity index (χ2v) is 6.83. The fourth-order valence-corrected chi connectivity index (χ4v) is 2.55. The first-order chi connectivity index (χ1) is 11.8. The lowest BCUT2D eigenvalue weighted by Gasteiger charge is -2.24. The molecule has 0 fully saturated rings. The standard InChI is InChI=1S/C20H18F2N2O/c1-20(2,3)24-12-17(13-4-8-15(21)9-5-13)23-18(19(24)25)14-6-10-16(22)11-7-14/h4-12H,1-3H3. The highest BCUT2D eigenvalue weighted by Crippen LogP contribution is 2.23. The van der Waals surface area contributed by atoms with Gasteiger partial charge in [-0.15, -0.1) is 0 Å². The predicted molar refractivity (Wildman–Crippen MR) is 94.3 cm³/mol. The van der Waals surface area contributed by atoms with Crippen LogP contribution in [0.4, 0.5) is 8.78 Å². The van der Waals surface area contributed by atoms with Crippen molar-refractivity contribution < 1.29 is 8.78 Å². The summed E-state index contributed by atoms with van der Waals surface area (Å²) >= 11 is 0. The van der Waals surface area contributed by atoms with Gasteiger partial charge in [-0.25, -0.2) is 13.8 Å². The molecule has 3 nitrogen and oxygen atoms in total. The molecule has 0 aliphatic carbocycles. The van der Waals surface area contributed by atoms with Crippen molar-refractivity contribution in [3.63, 3.8) is 0 Å². The zero-order valence-electron chi connectivity index (χ0n) is 14.3. The summed E-state index contributed by atoms with van der Waals surface area (Å²) in [5.74, 6) is -0.721. The van der Waals surface area contributed by atoms with Crippen LogP contribution in [0.15, 0.2) is 59.5 Å². The van der Waals surface area contributed by atoms with E-state index in [2.05, 4.69) is 4.98 Å². The highest BCUT2D eigenvalue weighted by molar-refractivity contribution is 5.64. The van der Waals surface area contributed by atoms with E-state index in [1.165, 1.54) is 36.4 Å². The van der Waals surface area contributed by atoms with E-state index >= 15 is 0 Å². The number of halogens is 2. The normalized spacial score (nSPS) is 11.6. The molecule has 1 heterocycles. The minimum absolute atomic E-state index is 0.233. The molecule has 0 spiro atoms. The minimum atomic E-state index is -0.469. The van der Waals surface area contributed by atoms with Crippen LogP contribution in [0.5, 0.6) is 0 Å². The molecule has 3 rings (SSSR count). The molecule has 0 N–H and O–H groups in total. The molecule has 128 valence electrons. The third kappa shape index (κ3) is 3.50. The molecule has 3 aromatic rings. The molecule has 25 heavy (non-hydrogen) atoms. The number of hydrogen-bond acceptors (Lipinski definition) is 2. The Kier molecular flexibility index (Phi) is 4.25. The van der Waals surface area contributed by atoms with Crippen LogP contribution in [0.25, 0.3) is 22.5 Å². The van der Waals surface area contributed by atoms with E-state index < -0.39 is 5.54 Å². The summed E-state index contributed by atoms with van der Waals surface area (Å²) in [5.41, 5.74) is 1.29. The van der Waals surface area contributed by atoms with E-state index in [4.69, 9.17) is 0 Å². The van der Waals surface area contributed by atoms with Gasteiger partial charge in [0.25, 0.3) is 5.56 Å². The zero-order chi connectivity index (χ0) is 18.2. The average Bonchev–Trinajstić information content (AvgIpc) is 2.56. The van der Waals surface area contributed by atoms with Gasteiger partial charge in [0, 0.05) is 22.9 Å². The summed E-state index contributed by atoms with van der Waals surface area (Å²) in [7, 11) is 0. The van der Waals surface area contributed by atoms with E-state index in [0.29, 0.717) is 16.8 Å². The fraction of sp³-hybridized carbons (Fsp3) is 0.200. The monoisotopic (exact) mass is 340 g/mol. The maximum atomic E-state index is 13.2. The molecule has 0 saturated carbocycles. The molecule has 0 bridgehead atoms. The Morgan fingerprint density at radius 1 is 0.840 bits per heavy atom. The van der Waals surface area contributed by atoms with Gasteiger partial charge >= 0.3 is 0 Å². The number of aromatic nitrogens is 2. The van der Waals surface area contributed by atoms with Crippen LogP contribution in [0, 0.1) is 11.6 Å². The molecule has 0 unspecified atom stereocenters. The van der Waals surface area contributed by atoms with Crippen molar-refractivity contribution in [2.45, 2.75) is 26.3 Å². The van der Waals surface area contributed by atoms with Crippen molar-refractivity contribution >= 4 is 0 Å². The Bertz CT molecular complexity index is 953. The van der Waals surface area contributed by atoms with Crippen LogP contribution in [0.3, 0.4) is 0 Å². The summed E-state index contributed by atoms with van der Waals surface area (Å²) in [4.78, 5) is 17.4. The van der Waals surface area contributed by atoms with Crippen LogP contribution in [0.1, 0.15) is 20.8 Å². The van der Waals surface area contributed by atoms with E-state index in [0.717, 1.165) is 0 Å². The van der Waals surface area contributed by atoms with E-state index in [9.17, 15) is 13.6 Å². The van der Waals surface area contributed by atoms with Gasteiger partial charge in [-0.05, 0) is 69.3 Å². The van der Waals surface area contributed by atoms with Gasteiger partial charge < -0.3 is 4.57 Å². The van der Waals surface area contributed by atoms with Crippen LogP contribution >= 0.6 is 0 Å². The first-order valence-electron chi connectivity index (χ1n) is 7.92. The lowest BCUT2D eigenvalue weighted by molar-refractivity contribution is 0.384. The molecule has 0 aliphatic rings. The van der Waals surface area contributed by atoms with Crippen molar-refractivity contribution in [3.05, 3.63) is 76.7 Å². The Balaban J connectivity index is 2.27. The molecule has 0 aliphatic heterocycles. The summed E-state index contributed by atoms with van der Waals surface area (Å²) in [6.45, 7) is 5.74. The van der Waals surface area contributed by atoms with Gasteiger partial charge in [-0.3, -0.25) is 4.79 Å². The molecule has 5 heteroatoms. The van der Waals surface area contributed by atoms with Crippen molar-refractivity contribution in [1.29, 1.82) is 0 Å². The van der Waals surface area contributed by atoms with Crippen LogP contribution < -0.4 is 5.56 Å².